The molecule has 1 amide bonds. The van der Waals surface area contributed by atoms with Crippen LogP contribution < -0.4 is 5.32 Å². The van der Waals surface area contributed by atoms with E-state index in [1.165, 1.54) is 12.1 Å². The minimum absolute atomic E-state index is 0.110. The zero-order valence-electron chi connectivity index (χ0n) is 13.2. The van der Waals surface area contributed by atoms with Crippen LogP contribution in [-0.4, -0.2) is 51.5 Å². The third-order valence-electron chi connectivity index (χ3n) is 4.37. The number of nitrogens with one attached hydrogen (secondary N) is 1. The van der Waals surface area contributed by atoms with Gasteiger partial charge in [-0.3, -0.25) is 4.79 Å². The van der Waals surface area contributed by atoms with Gasteiger partial charge in [0.1, 0.15) is 0 Å². The van der Waals surface area contributed by atoms with Gasteiger partial charge in [-0.15, -0.1) is 0 Å². The van der Waals surface area contributed by atoms with E-state index in [2.05, 4.69) is 5.32 Å². The van der Waals surface area contributed by atoms with Gasteiger partial charge in [0.2, 0.25) is 10.0 Å². The van der Waals surface area contributed by atoms with E-state index < -0.39 is 10.0 Å². The molecule has 6 nitrogen and oxygen atoms in total. The number of amides is 1. The van der Waals surface area contributed by atoms with Crippen LogP contribution in [0.5, 0.6) is 0 Å². The maximum absolute atomic E-state index is 12.9. The Kier molecular flexibility index (Phi) is 4.70. The molecule has 1 aliphatic heterocycles. The summed E-state index contributed by atoms with van der Waals surface area (Å²) in [4.78, 5) is 11.8. The number of hydrogen-bond donors (Lipinski definition) is 1. The summed E-state index contributed by atoms with van der Waals surface area (Å²) in [5.74, 6) is 0.0478. The summed E-state index contributed by atoms with van der Waals surface area (Å²) in [5.41, 5.74) is 0.452. The van der Waals surface area contributed by atoms with Crippen LogP contribution in [0.3, 0.4) is 0 Å². The number of hydrogen-bond acceptors (Lipinski definition) is 4. The summed E-state index contributed by atoms with van der Waals surface area (Å²) >= 11 is 0. The number of nitrogens with zero attached hydrogens (tertiary/aromatic N) is 1. The molecule has 0 radical (unpaired) electrons. The number of carbonyl (C=O) groups is 1. The number of ether oxygens (including phenoxy) is 1. The highest BCUT2D eigenvalue weighted by atomic mass is 32.2. The Balaban J connectivity index is 1.81. The van der Waals surface area contributed by atoms with E-state index in [1.54, 1.807) is 23.5 Å². The molecular formula is C16H22N2O4S. The van der Waals surface area contributed by atoms with Crippen LogP contribution in [0, 0.1) is 5.92 Å². The summed E-state index contributed by atoms with van der Waals surface area (Å²) in [5, 5.41) is 2.53. The van der Waals surface area contributed by atoms with Gasteiger partial charge in [0.25, 0.3) is 5.91 Å². The van der Waals surface area contributed by atoms with Crippen LogP contribution in [0.15, 0.2) is 29.2 Å². The van der Waals surface area contributed by atoms with Gasteiger partial charge in [-0.05, 0) is 49.4 Å². The standard InChI is InChI=1S/C16H22N2O4S/c1-17-16(19)13-2-6-15(7-3-13)23(20,21)18(14-4-5-14)10-12-8-9-22-11-12/h2-3,6-7,12,14H,4-5,8-11H2,1H3,(H,17,19)/t12-/m1/s1. The normalized spacial score (nSPS) is 21.6. The van der Waals surface area contributed by atoms with Gasteiger partial charge in [0.05, 0.1) is 11.5 Å². The highest BCUT2D eigenvalue weighted by Crippen LogP contribution is 2.33. The van der Waals surface area contributed by atoms with E-state index in [0.29, 0.717) is 25.3 Å². The van der Waals surface area contributed by atoms with Crippen LogP contribution in [0.4, 0.5) is 0 Å². The molecule has 2 fully saturated rings. The largest absolute Gasteiger partial charge is 0.381 e. The van der Waals surface area contributed by atoms with Crippen molar-refractivity contribution in [3.63, 3.8) is 0 Å². The first-order valence-corrected chi connectivity index (χ1v) is 9.38. The fourth-order valence-corrected chi connectivity index (χ4v) is 4.61. The second-order valence-electron chi connectivity index (χ2n) is 6.14. The van der Waals surface area contributed by atoms with Gasteiger partial charge in [-0.2, -0.15) is 4.31 Å². The van der Waals surface area contributed by atoms with Crippen LogP contribution in [-0.2, 0) is 14.8 Å². The Morgan fingerprint density at radius 1 is 1.26 bits per heavy atom. The molecule has 1 atom stereocenters. The first-order chi connectivity index (χ1) is 11.0. The van der Waals surface area contributed by atoms with Gasteiger partial charge in [-0.25, -0.2) is 8.42 Å². The molecular weight excluding hydrogens is 316 g/mol. The van der Waals surface area contributed by atoms with Crippen molar-refractivity contribution in [2.45, 2.75) is 30.2 Å². The topological polar surface area (TPSA) is 75.7 Å². The Morgan fingerprint density at radius 2 is 1.96 bits per heavy atom. The average Bonchev–Trinajstić information content (AvgIpc) is 3.27. The molecule has 7 heteroatoms. The van der Waals surface area contributed by atoms with E-state index in [0.717, 1.165) is 19.3 Å². The monoisotopic (exact) mass is 338 g/mol. The van der Waals surface area contributed by atoms with Crippen LogP contribution in [0.25, 0.3) is 0 Å². The molecule has 126 valence electrons. The molecule has 1 saturated heterocycles. The molecule has 1 heterocycles. The van der Waals surface area contributed by atoms with Crippen molar-refractivity contribution in [2.75, 3.05) is 26.8 Å². The maximum Gasteiger partial charge on any atom is 0.251 e. The van der Waals surface area contributed by atoms with Gasteiger partial charge in [-0.1, -0.05) is 0 Å². The van der Waals surface area contributed by atoms with E-state index in [1.807, 2.05) is 0 Å². The van der Waals surface area contributed by atoms with Crippen molar-refractivity contribution in [2.24, 2.45) is 5.92 Å². The summed E-state index contributed by atoms with van der Waals surface area (Å²) in [7, 11) is -1.98. The van der Waals surface area contributed by atoms with Crippen LogP contribution in [0.2, 0.25) is 0 Å². The number of carbonyl (C=O) groups excluding carboxylic acids is 1. The van der Waals surface area contributed by atoms with E-state index in [9.17, 15) is 13.2 Å². The van der Waals surface area contributed by atoms with Crippen LogP contribution in [0.1, 0.15) is 29.6 Å². The minimum atomic E-state index is -3.53. The number of sulfonamides is 1. The first kappa shape index (κ1) is 16.4. The first-order valence-electron chi connectivity index (χ1n) is 7.94. The predicted octanol–water partition coefficient (Wildman–Crippen LogP) is 1.24. The molecule has 23 heavy (non-hydrogen) atoms. The fraction of sp³-hybridized carbons (Fsp3) is 0.562. The van der Waals surface area contributed by atoms with Crippen molar-refractivity contribution in [3.8, 4) is 0 Å². The van der Waals surface area contributed by atoms with Gasteiger partial charge in [0, 0.05) is 31.8 Å². The highest BCUT2D eigenvalue weighted by Gasteiger charge is 2.39. The van der Waals surface area contributed by atoms with E-state index in [4.69, 9.17) is 4.74 Å². The third kappa shape index (κ3) is 3.57. The number of rotatable bonds is 6. The zero-order valence-corrected chi connectivity index (χ0v) is 14.0. The maximum atomic E-state index is 12.9. The van der Waals surface area contributed by atoms with Gasteiger partial charge >= 0.3 is 0 Å². The van der Waals surface area contributed by atoms with Crippen molar-refractivity contribution >= 4 is 15.9 Å². The quantitative estimate of drug-likeness (QED) is 0.847. The lowest BCUT2D eigenvalue weighted by molar-refractivity contribution is 0.0963. The Bertz CT molecular complexity index is 662. The summed E-state index contributed by atoms with van der Waals surface area (Å²) in [6.07, 6.45) is 2.75. The van der Waals surface area contributed by atoms with Gasteiger partial charge in [0.15, 0.2) is 0 Å². The Labute approximate surface area is 136 Å². The van der Waals surface area contributed by atoms with Crippen molar-refractivity contribution in [3.05, 3.63) is 29.8 Å². The second-order valence-corrected chi connectivity index (χ2v) is 8.03. The molecule has 3 rings (SSSR count). The molecule has 1 aromatic carbocycles. The lowest BCUT2D eigenvalue weighted by Crippen LogP contribution is -2.37. The van der Waals surface area contributed by atoms with Gasteiger partial charge < -0.3 is 10.1 Å². The van der Waals surface area contributed by atoms with Crippen molar-refractivity contribution in [1.29, 1.82) is 0 Å². The Hall–Kier alpha value is -1.44. The lowest BCUT2D eigenvalue weighted by atomic mass is 10.1. The smallest absolute Gasteiger partial charge is 0.251 e. The summed E-state index contributed by atoms with van der Waals surface area (Å²) in [6.45, 7) is 1.86. The highest BCUT2D eigenvalue weighted by molar-refractivity contribution is 7.89. The zero-order chi connectivity index (χ0) is 16.4. The van der Waals surface area contributed by atoms with E-state index in [-0.39, 0.29) is 22.8 Å². The van der Waals surface area contributed by atoms with Crippen molar-refractivity contribution in [1.82, 2.24) is 9.62 Å². The SMILES string of the molecule is CNC(=O)c1ccc(S(=O)(=O)N(C[C@H]2CCOC2)C2CC2)cc1. The molecule has 2 aliphatic rings. The number of benzene rings is 1. The van der Waals surface area contributed by atoms with E-state index >= 15 is 0 Å². The summed E-state index contributed by atoms with van der Waals surface area (Å²) < 4.78 is 32.9. The lowest BCUT2D eigenvalue weighted by Gasteiger charge is -2.24. The Morgan fingerprint density at radius 3 is 2.48 bits per heavy atom. The molecule has 0 aromatic heterocycles. The minimum Gasteiger partial charge on any atom is -0.381 e. The fourth-order valence-electron chi connectivity index (χ4n) is 2.85. The molecule has 1 saturated carbocycles. The van der Waals surface area contributed by atoms with Crippen LogP contribution >= 0.6 is 0 Å². The molecule has 1 aliphatic carbocycles. The van der Waals surface area contributed by atoms with Crippen molar-refractivity contribution < 1.29 is 17.9 Å². The molecule has 0 unspecified atom stereocenters. The second kappa shape index (κ2) is 6.59. The average molecular weight is 338 g/mol. The predicted molar refractivity (Wildman–Crippen MR) is 85.7 cm³/mol. The molecule has 0 spiro atoms. The molecule has 1 aromatic rings. The summed E-state index contributed by atoms with van der Waals surface area (Å²) in [6, 6.07) is 6.24. The third-order valence-corrected chi connectivity index (χ3v) is 6.30. The molecule has 1 N–H and O–H groups in total. The molecule has 0 bridgehead atoms.